The fraction of sp³-hybridized carbons (Fsp3) is 0.778. The monoisotopic (exact) mass is 293 g/mol. The summed E-state index contributed by atoms with van der Waals surface area (Å²) in [5.74, 6) is -1.00. The summed E-state index contributed by atoms with van der Waals surface area (Å²) in [5, 5.41) is 9.78. The molecule has 0 bridgehead atoms. The van der Waals surface area contributed by atoms with Gasteiger partial charge in [-0.25, -0.2) is 4.79 Å². The molecule has 2 rings (SSSR count). The number of thioether (sulfide) groups is 1. The van der Waals surface area contributed by atoms with Crippen molar-refractivity contribution in [3.8, 4) is 0 Å². The van der Waals surface area contributed by atoms with Gasteiger partial charge in [-0.2, -0.15) is 0 Å². The molecule has 2 aliphatic rings. The number of carbonyl (C=O) groups is 2. The van der Waals surface area contributed by atoms with E-state index in [4.69, 9.17) is 5.11 Å². The Bertz CT molecular complexity index is 333. The molecule has 0 aromatic rings. The third-order valence-corrected chi connectivity index (χ3v) is 5.28. The van der Waals surface area contributed by atoms with Crippen LogP contribution in [0, 0.1) is 5.92 Å². The standard InChI is InChI=1S/C9H12BrNO3S/c1-9(2)5(8(13)14)11-6(12)4(3-10)7(11)15-9/h4-5,7H,3H2,1-2H3,(H,13,14)/t4-,5+,7-/m1/s1. The van der Waals surface area contributed by atoms with Gasteiger partial charge >= 0.3 is 5.97 Å². The van der Waals surface area contributed by atoms with Gasteiger partial charge in [0.25, 0.3) is 0 Å². The molecule has 0 spiro atoms. The number of carboxylic acid groups (broad SMARTS) is 1. The van der Waals surface area contributed by atoms with Gasteiger partial charge in [0.15, 0.2) is 0 Å². The molecule has 0 aromatic carbocycles. The number of halogens is 1. The van der Waals surface area contributed by atoms with Crippen LogP contribution in [0.1, 0.15) is 13.8 Å². The highest BCUT2D eigenvalue weighted by molar-refractivity contribution is 9.09. The van der Waals surface area contributed by atoms with Crippen molar-refractivity contribution in [2.24, 2.45) is 5.92 Å². The quantitative estimate of drug-likeness (QED) is 0.613. The molecule has 1 N–H and O–H groups in total. The minimum absolute atomic E-state index is 0.0352. The fourth-order valence-electron chi connectivity index (χ4n) is 2.23. The number of β-lactam (4-membered cyclic amide) rings is 1. The Labute approximate surface area is 101 Å². The zero-order valence-electron chi connectivity index (χ0n) is 8.44. The van der Waals surface area contributed by atoms with Crippen LogP contribution in [0.4, 0.5) is 0 Å². The molecule has 0 saturated carbocycles. The average Bonchev–Trinajstić information content (AvgIpc) is 2.35. The highest BCUT2D eigenvalue weighted by Gasteiger charge is 2.63. The topological polar surface area (TPSA) is 57.6 Å². The molecule has 6 heteroatoms. The van der Waals surface area contributed by atoms with Crippen LogP contribution in [0.2, 0.25) is 0 Å². The molecule has 0 radical (unpaired) electrons. The maximum Gasteiger partial charge on any atom is 0.327 e. The predicted octanol–water partition coefficient (Wildman–Crippen LogP) is 1.14. The molecule has 1 amide bonds. The van der Waals surface area contributed by atoms with Gasteiger partial charge in [-0.15, -0.1) is 11.8 Å². The molecule has 0 unspecified atom stereocenters. The van der Waals surface area contributed by atoms with Crippen molar-refractivity contribution >= 4 is 39.6 Å². The number of fused-ring (bicyclic) bond motifs is 1. The number of hydrogen-bond donors (Lipinski definition) is 1. The van der Waals surface area contributed by atoms with Gasteiger partial charge in [-0.1, -0.05) is 15.9 Å². The number of alkyl halides is 1. The van der Waals surface area contributed by atoms with Gasteiger partial charge in [-0.3, -0.25) is 4.79 Å². The van der Waals surface area contributed by atoms with Crippen LogP contribution in [-0.2, 0) is 9.59 Å². The second kappa shape index (κ2) is 3.38. The van der Waals surface area contributed by atoms with Crippen LogP contribution in [-0.4, -0.2) is 43.4 Å². The van der Waals surface area contributed by atoms with Crippen LogP contribution in [0.3, 0.4) is 0 Å². The number of nitrogens with zero attached hydrogens (tertiary/aromatic N) is 1. The Balaban J connectivity index is 2.28. The highest BCUT2D eigenvalue weighted by Crippen LogP contribution is 2.53. The molecule has 2 aliphatic heterocycles. The lowest BCUT2D eigenvalue weighted by Crippen LogP contribution is -2.63. The minimum Gasteiger partial charge on any atom is -0.480 e. The molecule has 4 nitrogen and oxygen atoms in total. The summed E-state index contributed by atoms with van der Waals surface area (Å²) < 4.78 is -0.400. The molecule has 3 atom stereocenters. The van der Waals surface area contributed by atoms with Gasteiger partial charge in [0, 0.05) is 10.1 Å². The fourth-order valence-corrected chi connectivity index (χ4v) is 4.79. The van der Waals surface area contributed by atoms with Crippen molar-refractivity contribution in [1.29, 1.82) is 0 Å². The van der Waals surface area contributed by atoms with E-state index < -0.39 is 16.8 Å². The van der Waals surface area contributed by atoms with E-state index in [-0.39, 0.29) is 17.2 Å². The van der Waals surface area contributed by atoms with Gasteiger partial charge in [-0.05, 0) is 13.8 Å². The first-order valence-electron chi connectivity index (χ1n) is 4.69. The zero-order valence-corrected chi connectivity index (χ0v) is 10.8. The van der Waals surface area contributed by atoms with Crippen molar-refractivity contribution < 1.29 is 14.7 Å². The van der Waals surface area contributed by atoms with E-state index >= 15 is 0 Å². The number of rotatable bonds is 2. The summed E-state index contributed by atoms with van der Waals surface area (Å²) in [7, 11) is 0. The maximum atomic E-state index is 11.7. The van der Waals surface area contributed by atoms with E-state index in [2.05, 4.69) is 15.9 Å². The third kappa shape index (κ3) is 1.41. The number of carboxylic acids is 1. The maximum absolute atomic E-state index is 11.7. The van der Waals surface area contributed by atoms with E-state index in [1.54, 1.807) is 11.8 Å². The molecular weight excluding hydrogens is 282 g/mol. The largest absolute Gasteiger partial charge is 0.480 e. The second-order valence-electron chi connectivity index (χ2n) is 4.36. The van der Waals surface area contributed by atoms with Crippen LogP contribution in [0.15, 0.2) is 0 Å². The molecule has 15 heavy (non-hydrogen) atoms. The Morgan fingerprint density at radius 2 is 2.27 bits per heavy atom. The summed E-state index contributed by atoms with van der Waals surface area (Å²) in [6.45, 7) is 3.76. The third-order valence-electron chi connectivity index (χ3n) is 2.95. The lowest BCUT2D eigenvalue weighted by Gasteiger charge is -2.42. The van der Waals surface area contributed by atoms with E-state index in [1.807, 2.05) is 13.8 Å². The Hall–Kier alpha value is -0.230. The SMILES string of the molecule is CC1(C)S[C@@H]2[C@H](CBr)C(=O)N2[C@H]1C(=O)O. The smallest absolute Gasteiger partial charge is 0.327 e. The van der Waals surface area contributed by atoms with Crippen molar-refractivity contribution in [3.05, 3.63) is 0 Å². The van der Waals surface area contributed by atoms with Crippen LogP contribution >= 0.6 is 27.7 Å². The lowest BCUT2D eigenvalue weighted by atomic mass is 9.93. The molecular formula is C9H12BrNO3S. The van der Waals surface area contributed by atoms with Gasteiger partial charge in [0.1, 0.15) is 6.04 Å². The zero-order chi connectivity index (χ0) is 11.4. The van der Waals surface area contributed by atoms with Crippen LogP contribution in [0.5, 0.6) is 0 Å². The van der Waals surface area contributed by atoms with Gasteiger partial charge in [0.05, 0.1) is 11.3 Å². The normalized spacial score (nSPS) is 37.4. The van der Waals surface area contributed by atoms with Crippen molar-refractivity contribution in [1.82, 2.24) is 4.90 Å². The lowest BCUT2D eigenvalue weighted by molar-refractivity contribution is -0.162. The highest BCUT2D eigenvalue weighted by atomic mass is 79.9. The van der Waals surface area contributed by atoms with Crippen molar-refractivity contribution in [2.75, 3.05) is 5.33 Å². The van der Waals surface area contributed by atoms with Crippen molar-refractivity contribution in [3.63, 3.8) is 0 Å². The van der Waals surface area contributed by atoms with E-state index in [1.165, 1.54) is 4.90 Å². The molecule has 0 aromatic heterocycles. The Morgan fingerprint density at radius 1 is 1.67 bits per heavy atom. The van der Waals surface area contributed by atoms with Crippen LogP contribution in [0.25, 0.3) is 0 Å². The number of aliphatic carboxylic acids is 1. The Kier molecular flexibility index (Phi) is 2.54. The number of amides is 1. The summed E-state index contributed by atoms with van der Waals surface area (Å²) in [6, 6.07) is -0.685. The molecule has 2 saturated heterocycles. The summed E-state index contributed by atoms with van der Waals surface area (Å²) in [6.07, 6.45) is 0. The molecule has 2 fully saturated rings. The van der Waals surface area contributed by atoms with Gasteiger partial charge in [0.2, 0.25) is 5.91 Å². The van der Waals surface area contributed by atoms with E-state index in [9.17, 15) is 9.59 Å². The van der Waals surface area contributed by atoms with Crippen molar-refractivity contribution in [2.45, 2.75) is 30.0 Å². The predicted molar refractivity (Wildman–Crippen MR) is 61.0 cm³/mol. The summed E-state index contributed by atoms with van der Waals surface area (Å²) >= 11 is 4.87. The molecule has 84 valence electrons. The number of hydrogen-bond acceptors (Lipinski definition) is 3. The van der Waals surface area contributed by atoms with Gasteiger partial charge < -0.3 is 10.0 Å². The minimum atomic E-state index is -0.906. The number of carbonyl (C=O) groups excluding carboxylic acids is 1. The summed E-state index contributed by atoms with van der Waals surface area (Å²) in [4.78, 5) is 24.3. The van der Waals surface area contributed by atoms with E-state index in [0.29, 0.717) is 5.33 Å². The first kappa shape index (κ1) is 11.3. The molecule has 2 heterocycles. The van der Waals surface area contributed by atoms with E-state index in [0.717, 1.165) is 0 Å². The first-order valence-corrected chi connectivity index (χ1v) is 6.69. The Morgan fingerprint density at radius 3 is 2.73 bits per heavy atom. The summed E-state index contributed by atoms with van der Waals surface area (Å²) in [5.41, 5.74) is 0. The average molecular weight is 294 g/mol. The van der Waals surface area contributed by atoms with Crippen LogP contribution < -0.4 is 0 Å². The second-order valence-corrected chi connectivity index (χ2v) is 6.78. The first-order chi connectivity index (χ1) is 6.90. The molecule has 0 aliphatic carbocycles.